The van der Waals surface area contributed by atoms with Crippen LogP contribution in [-0.2, 0) is 25.6 Å². The highest BCUT2D eigenvalue weighted by Crippen LogP contribution is 2.19. The Labute approximate surface area is 185 Å². The molecule has 1 aliphatic rings. The van der Waals surface area contributed by atoms with E-state index in [0.29, 0.717) is 25.1 Å². The minimum atomic E-state index is -1.16. The summed E-state index contributed by atoms with van der Waals surface area (Å²) in [5.74, 6) is -2.85. The molecule has 4 atom stereocenters. The van der Waals surface area contributed by atoms with Crippen molar-refractivity contribution in [3.05, 3.63) is 18.2 Å². The quantitative estimate of drug-likeness (QED) is 0.244. The lowest BCUT2D eigenvalue weighted by molar-refractivity contribution is -0.144. The van der Waals surface area contributed by atoms with Gasteiger partial charge in [0.25, 0.3) is 0 Å². The highest BCUT2D eigenvalue weighted by Gasteiger charge is 2.38. The average molecular weight is 455 g/mol. The Morgan fingerprint density at radius 1 is 1.35 bits per heavy atom. The number of nitrogens with two attached hydrogens (primary N) is 1. The predicted octanol–water partition coefficient (Wildman–Crippen LogP) is -1.09. The number of likely N-dealkylation sites (tertiary alicyclic amines) is 1. The number of rotatable bonds is 10. The number of thiol groups is 1. The number of amides is 3. The SMILES string of the molecule is CC(C)C(NC(=O)C(Cc1cnc[nH]1)NC(=O)C1CCCN1C(=O)C(N)CS)C(=O)O. The maximum atomic E-state index is 13.0. The van der Waals surface area contributed by atoms with Crippen molar-refractivity contribution in [2.75, 3.05) is 12.3 Å². The number of nitrogens with zero attached hydrogens (tertiary/aromatic N) is 2. The van der Waals surface area contributed by atoms with Crippen LogP contribution in [0.2, 0.25) is 0 Å². The van der Waals surface area contributed by atoms with Crippen molar-refractivity contribution in [2.45, 2.75) is 57.3 Å². The molecule has 1 saturated heterocycles. The molecule has 12 heteroatoms. The van der Waals surface area contributed by atoms with Crippen molar-refractivity contribution in [1.82, 2.24) is 25.5 Å². The molecule has 4 unspecified atom stereocenters. The monoisotopic (exact) mass is 454 g/mol. The van der Waals surface area contributed by atoms with E-state index in [-0.39, 0.29) is 24.0 Å². The van der Waals surface area contributed by atoms with Crippen LogP contribution in [0, 0.1) is 5.92 Å². The Bertz CT molecular complexity index is 787. The molecule has 11 nitrogen and oxygen atoms in total. The Morgan fingerprint density at radius 3 is 2.61 bits per heavy atom. The first-order valence-corrected chi connectivity index (χ1v) is 10.8. The first-order chi connectivity index (χ1) is 14.6. The second-order valence-corrected chi connectivity index (χ2v) is 8.25. The molecule has 1 aliphatic heterocycles. The van der Waals surface area contributed by atoms with Crippen LogP contribution in [0.15, 0.2) is 12.5 Å². The van der Waals surface area contributed by atoms with Crippen LogP contribution in [0.5, 0.6) is 0 Å². The molecule has 0 spiro atoms. The molecular weight excluding hydrogens is 424 g/mol. The average Bonchev–Trinajstić information content (AvgIpc) is 3.41. The molecule has 0 aliphatic carbocycles. The first-order valence-electron chi connectivity index (χ1n) is 10.1. The minimum Gasteiger partial charge on any atom is -0.480 e. The molecule has 1 aromatic heterocycles. The smallest absolute Gasteiger partial charge is 0.326 e. The van der Waals surface area contributed by atoms with Gasteiger partial charge in [0.15, 0.2) is 0 Å². The lowest BCUT2D eigenvalue weighted by atomic mass is 10.0. The van der Waals surface area contributed by atoms with Gasteiger partial charge in [-0.05, 0) is 18.8 Å². The van der Waals surface area contributed by atoms with Gasteiger partial charge in [0.05, 0.1) is 12.4 Å². The van der Waals surface area contributed by atoms with Crippen LogP contribution < -0.4 is 16.4 Å². The number of imidazole rings is 1. The number of hydrogen-bond donors (Lipinski definition) is 6. The van der Waals surface area contributed by atoms with Gasteiger partial charge in [0.2, 0.25) is 17.7 Å². The standard InChI is InChI=1S/C19H30N6O5S/c1-10(2)15(19(29)30)24-16(26)13(6-11-7-21-9-22-11)23-17(27)14-4-3-5-25(14)18(28)12(20)8-31/h7,9-10,12-15,31H,3-6,8,20H2,1-2H3,(H,21,22)(H,23,27)(H,24,26)(H,29,30). The molecule has 0 saturated carbocycles. The van der Waals surface area contributed by atoms with E-state index < -0.39 is 42.0 Å². The summed E-state index contributed by atoms with van der Waals surface area (Å²) < 4.78 is 0. The van der Waals surface area contributed by atoms with Crippen molar-refractivity contribution in [3.8, 4) is 0 Å². The molecule has 31 heavy (non-hydrogen) atoms. The largest absolute Gasteiger partial charge is 0.480 e. The van der Waals surface area contributed by atoms with E-state index in [1.165, 1.54) is 17.4 Å². The minimum absolute atomic E-state index is 0.0822. The Hall–Kier alpha value is -2.60. The van der Waals surface area contributed by atoms with Crippen molar-refractivity contribution in [1.29, 1.82) is 0 Å². The second kappa shape index (κ2) is 11.1. The normalized spacial score (nSPS) is 19.0. The highest BCUT2D eigenvalue weighted by molar-refractivity contribution is 7.80. The van der Waals surface area contributed by atoms with Gasteiger partial charge in [0, 0.05) is 30.6 Å². The Kier molecular flexibility index (Phi) is 8.87. The lowest BCUT2D eigenvalue weighted by Gasteiger charge is -2.28. The van der Waals surface area contributed by atoms with Gasteiger partial charge in [-0.2, -0.15) is 12.6 Å². The zero-order chi connectivity index (χ0) is 23.1. The van der Waals surface area contributed by atoms with Crippen LogP contribution in [0.1, 0.15) is 32.4 Å². The maximum absolute atomic E-state index is 13.0. The van der Waals surface area contributed by atoms with Crippen molar-refractivity contribution in [2.24, 2.45) is 11.7 Å². The van der Waals surface area contributed by atoms with Gasteiger partial charge >= 0.3 is 5.97 Å². The van der Waals surface area contributed by atoms with Crippen LogP contribution in [0.3, 0.4) is 0 Å². The summed E-state index contributed by atoms with van der Waals surface area (Å²) in [4.78, 5) is 58.0. The third-order valence-electron chi connectivity index (χ3n) is 5.19. The summed E-state index contributed by atoms with van der Waals surface area (Å²) in [6, 6.07) is -3.73. The Balaban J connectivity index is 2.16. The molecule has 3 amide bonds. The predicted molar refractivity (Wildman–Crippen MR) is 115 cm³/mol. The Morgan fingerprint density at radius 2 is 2.06 bits per heavy atom. The molecule has 0 aromatic carbocycles. The van der Waals surface area contributed by atoms with E-state index in [1.807, 2.05) is 0 Å². The fourth-order valence-electron chi connectivity index (χ4n) is 3.45. The highest BCUT2D eigenvalue weighted by atomic mass is 32.1. The van der Waals surface area contributed by atoms with Gasteiger partial charge in [0.1, 0.15) is 18.1 Å². The fraction of sp³-hybridized carbons (Fsp3) is 0.632. The fourth-order valence-corrected chi connectivity index (χ4v) is 3.61. The topological polar surface area (TPSA) is 171 Å². The number of carbonyl (C=O) groups excluding carboxylic acids is 3. The van der Waals surface area contributed by atoms with Gasteiger partial charge in [-0.25, -0.2) is 9.78 Å². The van der Waals surface area contributed by atoms with Gasteiger partial charge in [-0.3, -0.25) is 14.4 Å². The first kappa shape index (κ1) is 24.7. The van der Waals surface area contributed by atoms with Crippen molar-refractivity contribution < 1.29 is 24.3 Å². The number of aromatic nitrogens is 2. The summed E-state index contributed by atoms with van der Waals surface area (Å²) in [6.45, 7) is 3.74. The van der Waals surface area contributed by atoms with E-state index in [4.69, 9.17) is 5.73 Å². The van der Waals surface area contributed by atoms with Crippen LogP contribution >= 0.6 is 12.6 Å². The zero-order valence-corrected chi connectivity index (χ0v) is 18.5. The van der Waals surface area contributed by atoms with E-state index in [9.17, 15) is 24.3 Å². The molecule has 2 heterocycles. The number of hydrogen-bond acceptors (Lipinski definition) is 7. The van der Waals surface area contributed by atoms with Crippen LogP contribution in [0.4, 0.5) is 0 Å². The van der Waals surface area contributed by atoms with Crippen molar-refractivity contribution in [3.63, 3.8) is 0 Å². The molecule has 1 fully saturated rings. The molecule has 2 rings (SSSR count). The number of aromatic amines is 1. The van der Waals surface area contributed by atoms with E-state index in [2.05, 4.69) is 33.2 Å². The number of aliphatic carboxylic acids is 1. The lowest BCUT2D eigenvalue weighted by Crippen LogP contribution is -2.57. The summed E-state index contributed by atoms with van der Waals surface area (Å²) in [6.07, 6.45) is 4.12. The summed E-state index contributed by atoms with van der Waals surface area (Å²) >= 11 is 4.04. The van der Waals surface area contributed by atoms with E-state index in [0.717, 1.165) is 0 Å². The molecule has 1 aromatic rings. The number of carboxylic acid groups (broad SMARTS) is 1. The van der Waals surface area contributed by atoms with Gasteiger partial charge in [-0.15, -0.1) is 0 Å². The molecule has 0 bridgehead atoms. The number of carboxylic acids is 1. The van der Waals surface area contributed by atoms with Gasteiger partial charge < -0.3 is 31.4 Å². The molecular formula is C19H30N6O5S. The third-order valence-corrected chi connectivity index (χ3v) is 5.59. The molecule has 172 valence electrons. The van der Waals surface area contributed by atoms with Crippen LogP contribution in [0.25, 0.3) is 0 Å². The zero-order valence-electron chi connectivity index (χ0n) is 17.6. The second-order valence-electron chi connectivity index (χ2n) is 7.89. The maximum Gasteiger partial charge on any atom is 0.326 e. The van der Waals surface area contributed by atoms with Gasteiger partial charge in [-0.1, -0.05) is 13.8 Å². The number of nitrogens with one attached hydrogen (secondary N) is 3. The summed E-state index contributed by atoms with van der Waals surface area (Å²) in [7, 11) is 0. The summed E-state index contributed by atoms with van der Waals surface area (Å²) in [5.41, 5.74) is 6.37. The summed E-state index contributed by atoms with van der Waals surface area (Å²) in [5, 5.41) is 14.5. The van der Waals surface area contributed by atoms with Crippen molar-refractivity contribution >= 4 is 36.3 Å². The number of carbonyl (C=O) groups is 4. The van der Waals surface area contributed by atoms with E-state index >= 15 is 0 Å². The number of H-pyrrole nitrogens is 1. The third kappa shape index (κ3) is 6.44. The molecule has 6 N–H and O–H groups in total. The molecule has 0 radical (unpaired) electrons. The van der Waals surface area contributed by atoms with Crippen LogP contribution in [-0.4, -0.2) is 80.1 Å². The van der Waals surface area contributed by atoms with E-state index in [1.54, 1.807) is 13.8 Å².